The number of ether oxygens (including phenoxy) is 1. The second-order valence-electron chi connectivity index (χ2n) is 4.97. The van der Waals surface area contributed by atoms with E-state index in [9.17, 15) is 8.42 Å². The Hall–Kier alpha value is -0.470. The van der Waals surface area contributed by atoms with Gasteiger partial charge in [-0.05, 0) is 30.7 Å². The molecule has 7 heteroatoms. The van der Waals surface area contributed by atoms with Gasteiger partial charge in [0.1, 0.15) is 0 Å². The number of hydrogen-bond acceptors (Lipinski definition) is 5. The Bertz CT molecular complexity index is 520. The first-order valence-electron chi connectivity index (χ1n) is 6.18. The molecular formula is C12H19NO4S2. The second-order valence-corrected chi connectivity index (χ2v) is 7.74. The molecule has 108 valence electrons. The second kappa shape index (κ2) is 5.88. The SMILES string of the molecule is COCCC1(CNS(=O)(=O)c2csc(CO)c2)CC1. The average molecular weight is 305 g/mol. The molecule has 19 heavy (non-hydrogen) atoms. The van der Waals surface area contributed by atoms with E-state index in [4.69, 9.17) is 9.84 Å². The molecular weight excluding hydrogens is 286 g/mol. The summed E-state index contributed by atoms with van der Waals surface area (Å²) in [5.74, 6) is 0. The van der Waals surface area contributed by atoms with Gasteiger partial charge in [0.15, 0.2) is 0 Å². The third kappa shape index (κ3) is 3.76. The molecule has 2 rings (SSSR count). The predicted molar refractivity (Wildman–Crippen MR) is 73.6 cm³/mol. The highest BCUT2D eigenvalue weighted by atomic mass is 32.2. The lowest BCUT2D eigenvalue weighted by Crippen LogP contribution is -2.30. The van der Waals surface area contributed by atoms with E-state index < -0.39 is 10.0 Å². The summed E-state index contributed by atoms with van der Waals surface area (Å²) in [4.78, 5) is 0.894. The summed E-state index contributed by atoms with van der Waals surface area (Å²) in [6.45, 7) is 0.996. The van der Waals surface area contributed by atoms with Gasteiger partial charge in [0.05, 0.1) is 11.5 Å². The Morgan fingerprint density at radius 3 is 2.79 bits per heavy atom. The Morgan fingerprint density at radius 1 is 1.53 bits per heavy atom. The molecule has 1 fully saturated rings. The number of sulfonamides is 1. The Morgan fingerprint density at radius 2 is 2.26 bits per heavy atom. The molecule has 0 atom stereocenters. The lowest BCUT2D eigenvalue weighted by molar-refractivity contribution is 0.173. The minimum atomic E-state index is -3.46. The fourth-order valence-corrected chi connectivity index (χ4v) is 4.22. The highest BCUT2D eigenvalue weighted by Crippen LogP contribution is 2.48. The highest BCUT2D eigenvalue weighted by Gasteiger charge is 2.42. The molecule has 1 heterocycles. The number of nitrogens with one attached hydrogen (secondary N) is 1. The van der Waals surface area contributed by atoms with E-state index in [-0.39, 0.29) is 16.9 Å². The molecule has 0 amide bonds. The fourth-order valence-electron chi connectivity index (χ4n) is 1.93. The molecule has 1 aliphatic carbocycles. The van der Waals surface area contributed by atoms with Crippen molar-refractivity contribution in [3.8, 4) is 0 Å². The van der Waals surface area contributed by atoms with Crippen molar-refractivity contribution in [3.05, 3.63) is 16.3 Å². The highest BCUT2D eigenvalue weighted by molar-refractivity contribution is 7.89. The largest absolute Gasteiger partial charge is 0.391 e. The summed E-state index contributed by atoms with van der Waals surface area (Å²) in [6, 6.07) is 1.52. The first-order valence-corrected chi connectivity index (χ1v) is 8.54. The molecule has 0 aliphatic heterocycles. The van der Waals surface area contributed by atoms with Crippen LogP contribution in [-0.2, 0) is 21.4 Å². The number of aliphatic hydroxyl groups excluding tert-OH is 1. The zero-order chi connectivity index (χ0) is 13.9. The van der Waals surface area contributed by atoms with Gasteiger partial charge in [0.2, 0.25) is 10.0 Å². The van der Waals surface area contributed by atoms with Crippen LogP contribution < -0.4 is 4.72 Å². The van der Waals surface area contributed by atoms with E-state index in [1.54, 1.807) is 12.5 Å². The molecule has 2 N–H and O–H groups in total. The van der Waals surface area contributed by atoms with E-state index >= 15 is 0 Å². The maximum absolute atomic E-state index is 12.1. The van der Waals surface area contributed by atoms with Crippen molar-refractivity contribution in [2.45, 2.75) is 30.8 Å². The van der Waals surface area contributed by atoms with Gasteiger partial charge in [-0.25, -0.2) is 13.1 Å². The summed E-state index contributed by atoms with van der Waals surface area (Å²) >= 11 is 1.25. The third-order valence-electron chi connectivity index (χ3n) is 3.53. The first-order chi connectivity index (χ1) is 9.01. The predicted octanol–water partition coefficient (Wildman–Crippen LogP) is 1.34. The first kappa shape index (κ1) is 14.9. The van der Waals surface area contributed by atoms with Crippen LogP contribution in [0.15, 0.2) is 16.3 Å². The van der Waals surface area contributed by atoms with Gasteiger partial charge < -0.3 is 9.84 Å². The van der Waals surface area contributed by atoms with Crippen LogP contribution in [0.4, 0.5) is 0 Å². The average Bonchev–Trinajstić information content (AvgIpc) is 2.99. The molecule has 1 aromatic heterocycles. The third-order valence-corrected chi connectivity index (χ3v) is 5.98. The smallest absolute Gasteiger partial charge is 0.241 e. The van der Waals surface area contributed by atoms with Gasteiger partial charge in [-0.3, -0.25) is 0 Å². The van der Waals surface area contributed by atoms with E-state index in [0.717, 1.165) is 19.3 Å². The van der Waals surface area contributed by atoms with Crippen LogP contribution in [0, 0.1) is 5.41 Å². The van der Waals surface area contributed by atoms with Gasteiger partial charge in [-0.15, -0.1) is 11.3 Å². The topological polar surface area (TPSA) is 75.6 Å². The van der Waals surface area contributed by atoms with Crippen molar-refractivity contribution in [2.75, 3.05) is 20.3 Å². The number of thiophene rings is 1. The van der Waals surface area contributed by atoms with Crippen LogP contribution in [0.1, 0.15) is 24.1 Å². The maximum Gasteiger partial charge on any atom is 0.241 e. The van der Waals surface area contributed by atoms with Crippen molar-refractivity contribution < 1.29 is 18.3 Å². The lowest BCUT2D eigenvalue weighted by Gasteiger charge is -2.15. The number of hydrogen-bond donors (Lipinski definition) is 2. The van der Waals surface area contributed by atoms with Crippen molar-refractivity contribution >= 4 is 21.4 Å². The molecule has 0 bridgehead atoms. The number of methoxy groups -OCH3 is 1. The molecule has 5 nitrogen and oxygen atoms in total. The molecule has 0 aromatic carbocycles. The quantitative estimate of drug-likeness (QED) is 0.760. The lowest BCUT2D eigenvalue weighted by atomic mass is 10.0. The van der Waals surface area contributed by atoms with Crippen LogP contribution in [0.25, 0.3) is 0 Å². The van der Waals surface area contributed by atoms with Crippen LogP contribution >= 0.6 is 11.3 Å². The van der Waals surface area contributed by atoms with Crippen molar-refractivity contribution in [2.24, 2.45) is 5.41 Å². The fraction of sp³-hybridized carbons (Fsp3) is 0.667. The normalized spacial score (nSPS) is 17.6. The standard InChI is InChI=1S/C12H19NO4S2/c1-17-5-4-12(2-3-12)9-13-19(15,16)11-6-10(7-14)18-8-11/h6,8,13-14H,2-5,7,9H2,1H3. The van der Waals surface area contributed by atoms with Gasteiger partial charge >= 0.3 is 0 Å². The molecule has 0 unspecified atom stereocenters. The minimum Gasteiger partial charge on any atom is -0.391 e. The van der Waals surface area contributed by atoms with Crippen LogP contribution in [-0.4, -0.2) is 33.8 Å². The van der Waals surface area contributed by atoms with Crippen LogP contribution in [0.3, 0.4) is 0 Å². The van der Waals surface area contributed by atoms with Crippen molar-refractivity contribution in [3.63, 3.8) is 0 Å². The van der Waals surface area contributed by atoms with Crippen LogP contribution in [0.5, 0.6) is 0 Å². The maximum atomic E-state index is 12.1. The Labute approximate surface area is 117 Å². The minimum absolute atomic E-state index is 0.0823. The number of aliphatic hydroxyl groups is 1. The van der Waals surface area contributed by atoms with Gasteiger partial charge in [0.25, 0.3) is 0 Å². The summed E-state index contributed by atoms with van der Waals surface area (Å²) in [5.41, 5.74) is 0.0823. The molecule has 1 aromatic rings. The van der Waals surface area contributed by atoms with Crippen molar-refractivity contribution in [1.29, 1.82) is 0 Å². The van der Waals surface area contributed by atoms with Gasteiger partial charge in [0, 0.05) is 30.5 Å². The monoisotopic (exact) mass is 305 g/mol. The summed E-state index contributed by atoms with van der Waals surface area (Å²) in [6.07, 6.45) is 2.98. The van der Waals surface area contributed by atoms with E-state index in [1.165, 1.54) is 17.4 Å². The van der Waals surface area contributed by atoms with E-state index in [0.29, 0.717) is 18.0 Å². The zero-order valence-corrected chi connectivity index (χ0v) is 12.5. The van der Waals surface area contributed by atoms with Gasteiger partial charge in [-0.1, -0.05) is 0 Å². The number of rotatable bonds is 8. The Balaban J connectivity index is 1.94. The van der Waals surface area contributed by atoms with Gasteiger partial charge in [-0.2, -0.15) is 0 Å². The van der Waals surface area contributed by atoms with E-state index in [2.05, 4.69) is 4.72 Å². The molecule has 0 radical (unpaired) electrons. The van der Waals surface area contributed by atoms with Crippen LogP contribution in [0.2, 0.25) is 0 Å². The summed E-state index contributed by atoms with van der Waals surface area (Å²) < 4.78 is 31.9. The molecule has 0 saturated heterocycles. The summed E-state index contributed by atoms with van der Waals surface area (Å²) in [5, 5.41) is 10.5. The molecule has 1 aliphatic rings. The summed E-state index contributed by atoms with van der Waals surface area (Å²) in [7, 11) is -1.80. The van der Waals surface area contributed by atoms with E-state index in [1.807, 2.05) is 0 Å². The Kier molecular flexibility index (Phi) is 4.62. The molecule has 0 spiro atoms. The zero-order valence-electron chi connectivity index (χ0n) is 10.9. The van der Waals surface area contributed by atoms with Crippen molar-refractivity contribution in [1.82, 2.24) is 4.72 Å². The molecule has 1 saturated carbocycles.